The molecule has 0 aromatic carbocycles. The third-order valence-electron chi connectivity index (χ3n) is 2.89. The van der Waals surface area contributed by atoms with Gasteiger partial charge in [-0.2, -0.15) is 0 Å². The molecule has 1 heterocycles. The van der Waals surface area contributed by atoms with Crippen LogP contribution in [0.1, 0.15) is 77.3 Å². The summed E-state index contributed by atoms with van der Waals surface area (Å²) in [6.07, 6.45) is 2.21. The summed E-state index contributed by atoms with van der Waals surface area (Å²) < 4.78 is 0. The monoisotopic (exact) mass is 247 g/mol. The standard InChI is InChI=1S/C16H27N2/c1-10(2)13-8-12(9-16(5,6)7)18-15(11(3)4)14(13)17/h8-11H,17H2,1-7H3. The minimum absolute atomic E-state index is 0.131. The first-order valence-corrected chi connectivity index (χ1v) is 6.78. The van der Waals surface area contributed by atoms with Crippen molar-refractivity contribution in [1.29, 1.82) is 0 Å². The summed E-state index contributed by atoms with van der Waals surface area (Å²) in [6, 6.07) is 2.14. The average Bonchev–Trinajstić information content (AvgIpc) is 2.17. The van der Waals surface area contributed by atoms with Crippen molar-refractivity contribution >= 4 is 5.69 Å². The van der Waals surface area contributed by atoms with Gasteiger partial charge in [-0.3, -0.25) is 4.98 Å². The van der Waals surface area contributed by atoms with E-state index >= 15 is 0 Å². The van der Waals surface area contributed by atoms with Crippen LogP contribution < -0.4 is 5.73 Å². The summed E-state index contributed by atoms with van der Waals surface area (Å²) >= 11 is 0. The molecule has 18 heavy (non-hydrogen) atoms. The van der Waals surface area contributed by atoms with E-state index in [9.17, 15) is 0 Å². The Morgan fingerprint density at radius 3 is 2.06 bits per heavy atom. The fraction of sp³-hybridized carbons (Fsp3) is 0.625. The van der Waals surface area contributed by atoms with E-state index in [0.717, 1.165) is 17.1 Å². The predicted molar refractivity (Wildman–Crippen MR) is 79.7 cm³/mol. The Hall–Kier alpha value is -1.05. The lowest BCUT2D eigenvalue weighted by molar-refractivity contribution is 0.501. The van der Waals surface area contributed by atoms with Gasteiger partial charge in [0.1, 0.15) is 0 Å². The van der Waals surface area contributed by atoms with Crippen molar-refractivity contribution < 1.29 is 0 Å². The van der Waals surface area contributed by atoms with E-state index in [4.69, 9.17) is 10.7 Å². The van der Waals surface area contributed by atoms with Crippen LogP contribution in [0, 0.1) is 11.8 Å². The average molecular weight is 247 g/mol. The Balaban J connectivity index is 3.29. The van der Waals surface area contributed by atoms with Crippen LogP contribution in [0.25, 0.3) is 0 Å². The molecule has 1 rings (SSSR count). The zero-order valence-electron chi connectivity index (χ0n) is 12.8. The molecule has 0 aliphatic rings. The van der Waals surface area contributed by atoms with E-state index in [1.54, 1.807) is 0 Å². The van der Waals surface area contributed by atoms with Crippen LogP contribution >= 0.6 is 0 Å². The number of hydrogen-bond acceptors (Lipinski definition) is 2. The number of nitrogens with zero attached hydrogens (tertiary/aromatic N) is 1. The highest BCUT2D eigenvalue weighted by Gasteiger charge is 2.18. The Morgan fingerprint density at radius 1 is 1.11 bits per heavy atom. The van der Waals surface area contributed by atoms with Crippen LogP contribution in [0.5, 0.6) is 0 Å². The first kappa shape index (κ1) is 15.0. The maximum Gasteiger partial charge on any atom is 0.0664 e. The molecule has 2 N–H and O–H groups in total. The molecule has 0 saturated heterocycles. The predicted octanol–water partition coefficient (Wildman–Crippen LogP) is 4.51. The Bertz CT molecular complexity index is 383. The first-order valence-electron chi connectivity index (χ1n) is 6.78. The molecule has 0 aliphatic heterocycles. The highest BCUT2D eigenvalue weighted by Crippen LogP contribution is 2.32. The minimum Gasteiger partial charge on any atom is -0.397 e. The summed E-state index contributed by atoms with van der Waals surface area (Å²) in [4.78, 5) is 4.72. The van der Waals surface area contributed by atoms with E-state index in [2.05, 4.69) is 61.0 Å². The third kappa shape index (κ3) is 3.72. The molecule has 0 atom stereocenters. The van der Waals surface area contributed by atoms with Gasteiger partial charge in [0.15, 0.2) is 0 Å². The minimum atomic E-state index is 0.131. The lowest BCUT2D eigenvalue weighted by atomic mass is 9.88. The van der Waals surface area contributed by atoms with E-state index in [1.807, 2.05) is 0 Å². The second kappa shape index (κ2) is 5.29. The second-order valence-electron chi connectivity index (χ2n) is 6.76. The number of aromatic nitrogens is 1. The summed E-state index contributed by atoms with van der Waals surface area (Å²) in [7, 11) is 0. The van der Waals surface area contributed by atoms with Crippen LogP contribution in [0.2, 0.25) is 0 Å². The van der Waals surface area contributed by atoms with Gasteiger partial charge in [0.05, 0.1) is 11.4 Å². The van der Waals surface area contributed by atoms with Gasteiger partial charge in [0.25, 0.3) is 0 Å². The molecule has 0 aliphatic carbocycles. The fourth-order valence-corrected chi connectivity index (χ4v) is 2.05. The van der Waals surface area contributed by atoms with Crippen molar-refractivity contribution in [2.75, 3.05) is 5.73 Å². The molecule has 0 spiro atoms. The Labute approximate surface area is 112 Å². The van der Waals surface area contributed by atoms with Crippen molar-refractivity contribution in [3.05, 3.63) is 29.4 Å². The number of nitrogen functional groups attached to an aromatic ring is 1. The van der Waals surface area contributed by atoms with Gasteiger partial charge in [0, 0.05) is 12.1 Å². The molecule has 1 radical (unpaired) electrons. The second-order valence-corrected chi connectivity index (χ2v) is 6.76. The largest absolute Gasteiger partial charge is 0.397 e. The van der Waals surface area contributed by atoms with Crippen molar-refractivity contribution in [3.8, 4) is 0 Å². The van der Waals surface area contributed by atoms with Crippen LogP contribution in [0.4, 0.5) is 5.69 Å². The van der Waals surface area contributed by atoms with Crippen LogP contribution in [-0.2, 0) is 0 Å². The highest BCUT2D eigenvalue weighted by molar-refractivity contribution is 5.55. The molecule has 0 bridgehead atoms. The van der Waals surface area contributed by atoms with E-state index in [0.29, 0.717) is 11.8 Å². The van der Waals surface area contributed by atoms with Crippen molar-refractivity contribution in [1.82, 2.24) is 4.98 Å². The van der Waals surface area contributed by atoms with Gasteiger partial charge in [-0.05, 0) is 28.9 Å². The molecule has 2 nitrogen and oxygen atoms in total. The number of pyridine rings is 1. The summed E-state index contributed by atoms with van der Waals surface area (Å²) in [5.74, 6) is 0.786. The molecule has 0 saturated carbocycles. The number of rotatable bonds is 3. The van der Waals surface area contributed by atoms with Crippen LogP contribution in [0.3, 0.4) is 0 Å². The van der Waals surface area contributed by atoms with Crippen molar-refractivity contribution in [2.45, 2.75) is 60.3 Å². The molecule has 1 aromatic rings. The maximum atomic E-state index is 6.24. The molecule has 0 fully saturated rings. The Morgan fingerprint density at radius 2 is 1.67 bits per heavy atom. The molecule has 0 unspecified atom stereocenters. The van der Waals surface area contributed by atoms with Gasteiger partial charge < -0.3 is 5.73 Å². The van der Waals surface area contributed by atoms with Crippen molar-refractivity contribution in [2.24, 2.45) is 5.41 Å². The zero-order chi connectivity index (χ0) is 14.1. The van der Waals surface area contributed by atoms with Crippen molar-refractivity contribution in [3.63, 3.8) is 0 Å². The SMILES string of the molecule is CC(C)c1cc([CH]C(C)(C)C)nc(C(C)C)c1N. The smallest absolute Gasteiger partial charge is 0.0664 e. The highest BCUT2D eigenvalue weighted by atomic mass is 14.8. The van der Waals surface area contributed by atoms with Crippen LogP contribution in [-0.4, -0.2) is 4.98 Å². The van der Waals surface area contributed by atoms with Gasteiger partial charge in [0.2, 0.25) is 0 Å². The molecule has 1 aromatic heterocycles. The third-order valence-corrected chi connectivity index (χ3v) is 2.89. The lowest BCUT2D eigenvalue weighted by Crippen LogP contribution is -2.12. The molecule has 101 valence electrons. The normalized spacial score (nSPS) is 12.5. The molecular formula is C16H27N2. The van der Waals surface area contributed by atoms with E-state index in [-0.39, 0.29) is 5.41 Å². The summed E-state index contributed by atoms with van der Waals surface area (Å²) in [5, 5.41) is 0. The lowest BCUT2D eigenvalue weighted by Gasteiger charge is -2.21. The quantitative estimate of drug-likeness (QED) is 0.853. The fourth-order valence-electron chi connectivity index (χ4n) is 2.05. The topological polar surface area (TPSA) is 38.9 Å². The van der Waals surface area contributed by atoms with Crippen LogP contribution in [0.15, 0.2) is 6.07 Å². The summed E-state index contributed by atoms with van der Waals surface area (Å²) in [6.45, 7) is 15.2. The first-order chi connectivity index (χ1) is 8.11. The van der Waals surface area contributed by atoms with Gasteiger partial charge in [-0.1, -0.05) is 48.5 Å². The molecule has 0 amide bonds. The van der Waals surface area contributed by atoms with E-state index in [1.165, 1.54) is 5.56 Å². The number of anilines is 1. The van der Waals surface area contributed by atoms with E-state index < -0.39 is 0 Å². The molecule has 2 heteroatoms. The summed E-state index contributed by atoms with van der Waals surface area (Å²) in [5.41, 5.74) is 10.5. The molecular weight excluding hydrogens is 220 g/mol. The zero-order valence-corrected chi connectivity index (χ0v) is 12.8. The number of hydrogen-bond donors (Lipinski definition) is 1. The van der Waals surface area contributed by atoms with Gasteiger partial charge in [-0.25, -0.2) is 0 Å². The number of nitrogens with two attached hydrogens (primary N) is 1. The van der Waals surface area contributed by atoms with Gasteiger partial charge in [-0.15, -0.1) is 0 Å². The maximum absolute atomic E-state index is 6.24. The Kier molecular flexibility index (Phi) is 4.41. The van der Waals surface area contributed by atoms with Gasteiger partial charge >= 0.3 is 0 Å².